The molecule has 0 saturated heterocycles. The van der Waals surface area contributed by atoms with Crippen molar-refractivity contribution in [2.75, 3.05) is 0 Å². The Morgan fingerprint density at radius 3 is 2.56 bits per heavy atom. The van der Waals surface area contributed by atoms with Crippen molar-refractivity contribution < 1.29 is 9.59 Å². The molecule has 0 aromatic carbocycles. The normalized spacial score (nSPS) is 12.7. The second kappa shape index (κ2) is 4.24. The Morgan fingerprint density at radius 1 is 1.67 bits per heavy atom. The molecule has 1 unspecified atom stereocenters. The van der Waals surface area contributed by atoms with E-state index in [1.54, 1.807) is 20.1 Å². The molecular weight excluding hydrogens is 116 g/mol. The summed E-state index contributed by atoms with van der Waals surface area (Å²) in [7, 11) is 0. The van der Waals surface area contributed by atoms with Crippen LogP contribution in [0.4, 0.5) is 0 Å². The lowest BCUT2D eigenvalue weighted by Crippen LogP contribution is -2.04. The van der Waals surface area contributed by atoms with Crippen molar-refractivity contribution in [2.24, 2.45) is 5.92 Å². The van der Waals surface area contributed by atoms with E-state index in [-0.39, 0.29) is 11.7 Å². The number of Topliss-reactive ketones (excluding diaryl/α,β-unsaturated/α-hetero) is 1. The zero-order valence-corrected chi connectivity index (χ0v) is 5.81. The molecule has 0 aromatic heterocycles. The molecule has 0 heterocycles. The Labute approximate surface area is 55.3 Å². The molecule has 0 saturated carbocycles. The summed E-state index contributed by atoms with van der Waals surface area (Å²) in [5, 5.41) is 0. The molecule has 0 rings (SSSR count). The molecule has 51 valence electrons. The monoisotopic (exact) mass is 127 g/mol. The number of hydrogen-bond acceptors (Lipinski definition) is 2. The molecule has 1 atom stereocenters. The Kier molecular flexibility index (Phi) is 3.93. The third-order valence-corrected chi connectivity index (χ3v) is 1.13. The lowest BCUT2D eigenvalue weighted by Gasteiger charge is -1.96. The molecule has 0 aliphatic rings. The van der Waals surface area contributed by atoms with Crippen molar-refractivity contribution in [3.63, 3.8) is 0 Å². The first-order valence-corrected chi connectivity index (χ1v) is 3.10. The van der Waals surface area contributed by atoms with Crippen molar-refractivity contribution in [3.8, 4) is 0 Å². The van der Waals surface area contributed by atoms with Gasteiger partial charge in [-0.25, -0.2) is 0 Å². The number of hydrogen-bond donors (Lipinski definition) is 0. The van der Waals surface area contributed by atoms with Gasteiger partial charge in [-0.1, -0.05) is 13.8 Å². The van der Waals surface area contributed by atoms with E-state index in [4.69, 9.17) is 0 Å². The van der Waals surface area contributed by atoms with Crippen LogP contribution in [-0.4, -0.2) is 12.1 Å². The first-order valence-electron chi connectivity index (χ1n) is 3.10. The van der Waals surface area contributed by atoms with Crippen molar-refractivity contribution in [1.82, 2.24) is 0 Å². The van der Waals surface area contributed by atoms with Gasteiger partial charge in [0.05, 0.1) is 0 Å². The third-order valence-electron chi connectivity index (χ3n) is 1.13. The molecule has 0 aromatic rings. The van der Waals surface area contributed by atoms with E-state index in [1.165, 1.54) is 0 Å². The molecule has 1 radical (unpaired) electrons. The molecule has 2 heteroatoms. The van der Waals surface area contributed by atoms with Crippen molar-refractivity contribution in [1.29, 1.82) is 0 Å². The quantitative estimate of drug-likeness (QED) is 0.566. The van der Waals surface area contributed by atoms with Gasteiger partial charge in [-0.05, 0) is 0 Å². The van der Waals surface area contributed by atoms with E-state index in [0.29, 0.717) is 12.8 Å². The van der Waals surface area contributed by atoms with Crippen LogP contribution in [0, 0.1) is 5.92 Å². The van der Waals surface area contributed by atoms with Crippen LogP contribution < -0.4 is 0 Å². The highest BCUT2D eigenvalue weighted by Crippen LogP contribution is 1.99. The average molecular weight is 127 g/mol. The zero-order valence-electron chi connectivity index (χ0n) is 5.81. The second-order valence-electron chi connectivity index (χ2n) is 2.12. The maximum atomic E-state index is 10.6. The summed E-state index contributed by atoms with van der Waals surface area (Å²) in [6, 6.07) is 0. The molecule has 9 heavy (non-hydrogen) atoms. The van der Waals surface area contributed by atoms with Gasteiger partial charge < -0.3 is 0 Å². The molecule has 2 nitrogen and oxygen atoms in total. The molecule has 0 bridgehead atoms. The third kappa shape index (κ3) is 3.88. The molecular formula is C7H11O2. The van der Waals surface area contributed by atoms with Crippen LogP contribution in [0.1, 0.15) is 26.7 Å². The summed E-state index contributed by atoms with van der Waals surface area (Å²) in [4.78, 5) is 20.5. The van der Waals surface area contributed by atoms with Gasteiger partial charge in [-0.3, -0.25) is 9.59 Å². The van der Waals surface area contributed by atoms with Gasteiger partial charge in [0.2, 0.25) is 6.29 Å². The minimum absolute atomic E-state index is 0.130. The lowest BCUT2D eigenvalue weighted by atomic mass is 10.1. The van der Waals surface area contributed by atoms with Crippen LogP contribution in [0.3, 0.4) is 0 Å². The Hall–Kier alpha value is -0.660. The summed E-state index contributed by atoms with van der Waals surface area (Å²) < 4.78 is 0. The topological polar surface area (TPSA) is 34.1 Å². The molecule has 0 fully saturated rings. The second-order valence-corrected chi connectivity index (χ2v) is 2.12. The predicted molar refractivity (Wildman–Crippen MR) is 34.8 cm³/mol. The zero-order chi connectivity index (χ0) is 7.28. The van der Waals surface area contributed by atoms with E-state index < -0.39 is 0 Å². The average Bonchev–Trinajstić information content (AvgIpc) is 1.87. The predicted octanol–water partition coefficient (Wildman–Crippen LogP) is 1.10. The van der Waals surface area contributed by atoms with Gasteiger partial charge in [0, 0.05) is 18.8 Å². The fourth-order valence-corrected chi connectivity index (χ4v) is 0.528. The van der Waals surface area contributed by atoms with Gasteiger partial charge in [-0.15, -0.1) is 0 Å². The molecule has 0 spiro atoms. The fourth-order valence-electron chi connectivity index (χ4n) is 0.528. The van der Waals surface area contributed by atoms with Crippen LogP contribution in [0.25, 0.3) is 0 Å². The van der Waals surface area contributed by atoms with Crippen molar-refractivity contribution >= 4 is 12.1 Å². The number of carbonyl (C=O) groups excluding carboxylic acids is 2. The summed E-state index contributed by atoms with van der Waals surface area (Å²) in [5.74, 6) is -0.0942. The van der Waals surface area contributed by atoms with E-state index in [2.05, 4.69) is 0 Å². The van der Waals surface area contributed by atoms with Gasteiger partial charge >= 0.3 is 0 Å². The summed E-state index contributed by atoms with van der Waals surface area (Å²) in [6.07, 6.45) is 2.63. The van der Waals surface area contributed by atoms with Gasteiger partial charge in [-0.2, -0.15) is 0 Å². The molecule has 0 aliphatic carbocycles. The Balaban J connectivity index is 3.46. The Bertz CT molecular complexity index is 107. The van der Waals surface area contributed by atoms with Crippen LogP contribution in [0.2, 0.25) is 0 Å². The largest absolute Gasteiger partial charge is 0.300 e. The standard InChI is InChI=1S/C7H11O2/c1-3-7(9)4-6(2)5-8/h6H,3-4H2,1-2H3. The fraction of sp³-hybridized carbons (Fsp3) is 0.714. The molecule has 0 aliphatic heterocycles. The van der Waals surface area contributed by atoms with Gasteiger partial charge in [0.25, 0.3) is 0 Å². The van der Waals surface area contributed by atoms with Crippen LogP contribution in [0.5, 0.6) is 0 Å². The highest BCUT2D eigenvalue weighted by Gasteiger charge is 2.05. The first kappa shape index (κ1) is 8.34. The first-order chi connectivity index (χ1) is 4.20. The minimum atomic E-state index is -0.225. The molecule has 0 amide bonds. The lowest BCUT2D eigenvalue weighted by molar-refractivity contribution is -0.119. The highest BCUT2D eigenvalue weighted by atomic mass is 16.1. The van der Waals surface area contributed by atoms with Crippen LogP contribution >= 0.6 is 0 Å². The molecule has 0 N–H and O–H groups in total. The highest BCUT2D eigenvalue weighted by molar-refractivity contribution is 5.80. The maximum absolute atomic E-state index is 10.6. The number of ketones is 1. The maximum Gasteiger partial charge on any atom is 0.201 e. The van der Waals surface area contributed by atoms with Gasteiger partial charge in [0.15, 0.2) is 0 Å². The van der Waals surface area contributed by atoms with Crippen LogP contribution in [-0.2, 0) is 9.59 Å². The van der Waals surface area contributed by atoms with E-state index >= 15 is 0 Å². The minimum Gasteiger partial charge on any atom is -0.300 e. The van der Waals surface area contributed by atoms with E-state index in [9.17, 15) is 9.59 Å². The van der Waals surface area contributed by atoms with Gasteiger partial charge in [0.1, 0.15) is 5.78 Å². The van der Waals surface area contributed by atoms with Crippen molar-refractivity contribution in [2.45, 2.75) is 26.7 Å². The summed E-state index contributed by atoms with van der Waals surface area (Å²) in [5.41, 5.74) is 0. The summed E-state index contributed by atoms with van der Waals surface area (Å²) in [6.45, 7) is 3.49. The number of rotatable bonds is 4. The SMILES string of the molecule is CCC(=O)CC(C)[C]=O. The van der Waals surface area contributed by atoms with E-state index in [0.717, 1.165) is 0 Å². The van der Waals surface area contributed by atoms with E-state index in [1.807, 2.05) is 0 Å². The van der Waals surface area contributed by atoms with Crippen LogP contribution in [0.15, 0.2) is 0 Å². The summed E-state index contributed by atoms with van der Waals surface area (Å²) >= 11 is 0. The smallest absolute Gasteiger partial charge is 0.201 e. The number of carbonyl (C=O) groups is 1. The Morgan fingerprint density at radius 2 is 2.22 bits per heavy atom. The van der Waals surface area contributed by atoms with Crippen molar-refractivity contribution in [3.05, 3.63) is 0 Å².